The summed E-state index contributed by atoms with van der Waals surface area (Å²) in [5.41, 5.74) is 8.19. The fourth-order valence-corrected chi connectivity index (χ4v) is 1.37. The monoisotopic (exact) mass is 222 g/mol. The van der Waals surface area contributed by atoms with E-state index < -0.39 is 6.09 Å². The van der Waals surface area contributed by atoms with E-state index in [4.69, 9.17) is 10.5 Å². The van der Waals surface area contributed by atoms with Crippen LogP contribution < -0.4 is 11.1 Å². The molecule has 1 aromatic carbocycles. The maximum Gasteiger partial charge on any atom is 0.411 e. The van der Waals surface area contributed by atoms with Crippen molar-refractivity contribution in [2.75, 3.05) is 11.9 Å². The number of hydrogen-bond acceptors (Lipinski definition) is 3. The highest BCUT2D eigenvalue weighted by Crippen LogP contribution is 2.19. The van der Waals surface area contributed by atoms with Gasteiger partial charge in [0.05, 0.1) is 0 Å². The van der Waals surface area contributed by atoms with Crippen LogP contribution in [-0.4, -0.2) is 18.7 Å². The first kappa shape index (κ1) is 12.5. The van der Waals surface area contributed by atoms with Crippen molar-refractivity contribution in [1.82, 2.24) is 0 Å². The molecule has 0 fully saturated rings. The third kappa shape index (κ3) is 3.24. The molecule has 16 heavy (non-hydrogen) atoms. The fraction of sp³-hybridized carbons (Fsp3) is 0.417. The summed E-state index contributed by atoms with van der Waals surface area (Å²) < 4.78 is 5.04. The molecular formula is C12H18N2O2. The van der Waals surface area contributed by atoms with Crippen LogP contribution in [0, 0.1) is 13.8 Å². The molecule has 1 aromatic rings. The lowest BCUT2D eigenvalue weighted by molar-refractivity contribution is 0.124. The molecule has 0 spiro atoms. The topological polar surface area (TPSA) is 64.3 Å². The highest BCUT2D eigenvalue weighted by Gasteiger charge is 2.10. The largest absolute Gasteiger partial charge is 0.445 e. The van der Waals surface area contributed by atoms with Crippen LogP contribution >= 0.6 is 0 Å². The number of benzene rings is 1. The van der Waals surface area contributed by atoms with E-state index in [1.165, 1.54) is 0 Å². The van der Waals surface area contributed by atoms with Crippen molar-refractivity contribution >= 4 is 11.8 Å². The molecule has 1 atom stereocenters. The Morgan fingerprint density at radius 1 is 1.44 bits per heavy atom. The summed E-state index contributed by atoms with van der Waals surface area (Å²) in [7, 11) is 0. The lowest BCUT2D eigenvalue weighted by atomic mass is 10.1. The quantitative estimate of drug-likeness (QED) is 0.824. The number of rotatable bonds is 3. The van der Waals surface area contributed by atoms with Crippen molar-refractivity contribution in [3.63, 3.8) is 0 Å². The first-order chi connectivity index (χ1) is 7.54. The summed E-state index contributed by atoms with van der Waals surface area (Å²) in [6.07, 6.45) is -0.736. The van der Waals surface area contributed by atoms with Gasteiger partial charge in [-0.1, -0.05) is 18.2 Å². The molecular weight excluding hydrogens is 204 g/mol. The standard InChI is InChI=1S/C12H18N2O2/c1-8-5-4-6-9(2)11(8)14-12(15)16-10(3)7-13/h4-6,10H,7,13H2,1-3H3,(H,14,15). The molecule has 1 rings (SSSR count). The van der Waals surface area contributed by atoms with Crippen molar-refractivity contribution in [3.8, 4) is 0 Å². The maximum absolute atomic E-state index is 11.5. The highest BCUT2D eigenvalue weighted by molar-refractivity contribution is 5.86. The summed E-state index contributed by atoms with van der Waals surface area (Å²) in [6, 6.07) is 5.83. The molecule has 0 aliphatic carbocycles. The summed E-state index contributed by atoms with van der Waals surface area (Å²) >= 11 is 0. The number of ether oxygens (including phenoxy) is 1. The minimum absolute atomic E-state index is 0.274. The zero-order chi connectivity index (χ0) is 12.1. The lowest BCUT2D eigenvalue weighted by Gasteiger charge is -2.14. The van der Waals surface area contributed by atoms with Gasteiger partial charge in [0, 0.05) is 12.2 Å². The van der Waals surface area contributed by atoms with E-state index in [2.05, 4.69) is 5.32 Å². The molecule has 1 amide bonds. The smallest absolute Gasteiger partial charge is 0.411 e. The van der Waals surface area contributed by atoms with Crippen LogP contribution in [0.15, 0.2) is 18.2 Å². The van der Waals surface area contributed by atoms with Gasteiger partial charge in [-0.05, 0) is 31.9 Å². The lowest BCUT2D eigenvalue weighted by Crippen LogP contribution is -2.26. The van der Waals surface area contributed by atoms with E-state index in [1.54, 1.807) is 6.92 Å². The number of nitrogens with one attached hydrogen (secondary N) is 1. The van der Waals surface area contributed by atoms with Crippen molar-refractivity contribution in [3.05, 3.63) is 29.3 Å². The summed E-state index contributed by atoms with van der Waals surface area (Å²) in [6.45, 7) is 5.95. The van der Waals surface area contributed by atoms with E-state index in [0.29, 0.717) is 6.54 Å². The van der Waals surface area contributed by atoms with Crippen LogP contribution in [-0.2, 0) is 4.74 Å². The third-order valence-electron chi connectivity index (χ3n) is 2.35. The molecule has 0 radical (unpaired) electrons. The van der Waals surface area contributed by atoms with E-state index >= 15 is 0 Å². The third-order valence-corrected chi connectivity index (χ3v) is 2.35. The van der Waals surface area contributed by atoms with Gasteiger partial charge in [0.25, 0.3) is 0 Å². The molecule has 3 N–H and O–H groups in total. The highest BCUT2D eigenvalue weighted by atomic mass is 16.6. The number of carbonyl (C=O) groups is 1. The Morgan fingerprint density at radius 2 is 2.00 bits per heavy atom. The number of para-hydroxylation sites is 1. The molecule has 0 saturated carbocycles. The Kier molecular flexibility index (Phi) is 4.31. The number of carbonyl (C=O) groups excluding carboxylic acids is 1. The van der Waals surface area contributed by atoms with Crippen LogP contribution in [0.5, 0.6) is 0 Å². The maximum atomic E-state index is 11.5. The van der Waals surface area contributed by atoms with Crippen LogP contribution in [0.3, 0.4) is 0 Å². The Labute approximate surface area is 95.8 Å². The minimum atomic E-state index is -0.463. The van der Waals surface area contributed by atoms with Gasteiger partial charge in [-0.2, -0.15) is 0 Å². The molecule has 88 valence electrons. The van der Waals surface area contributed by atoms with E-state index in [1.807, 2.05) is 32.0 Å². The second kappa shape index (κ2) is 5.51. The average molecular weight is 222 g/mol. The van der Waals surface area contributed by atoms with Gasteiger partial charge in [0.1, 0.15) is 6.10 Å². The number of amides is 1. The predicted molar refractivity (Wildman–Crippen MR) is 64.5 cm³/mol. The van der Waals surface area contributed by atoms with Gasteiger partial charge in [-0.15, -0.1) is 0 Å². The van der Waals surface area contributed by atoms with Crippen LogP contribution in [0.25, 0.3) is 0 Å². The van der Waals surface area contributed by atoms with Crippen LogP contribution in [0.2, 0.25) is 0 Å². The number of aryl methyl sites for hydroxylation is 2. The Hall–Kier alpha value is -1.55. The van der Waals surface area contributed by atoms with E-state index in [-0.39, 0.29) is 6.10 Å². The summed E-state index contributed by atoms with van der Waals surface area (Å²) in [5, 5.41) is 2.73. The molecule has 1 unspecified atom stereocenters. The molecule has 0 aliphatic heterocycles. The molecule has 0 aliphatic rings. The van der Waals surface area contributed by atoms with Crippen LogP contribution in [0.4, 0.5) is 10.5 Å². The first-order valence-electron chi connectivity index (χ1n) is 5.28. The zero-order valence-corrected chi connectivity index (χ0v) is 9.91. The number of nitrogens with two attached hydrogens (primary N) is 1. The molecule has 0 saturated heterocycles. The Balaban J connectivity index is 2.70. The van der Waals surface area contributed by atoms with Crippen LogP contribution in [0.1, 0.15) is 18.1 Å². The van der Waals surface area contributed by atoms with Gasteiger partial charge in [-0.3, -0.25) is 5.32 Å². The molecule has 0 bridgehead atoms. The minimum Gasteiger partial charge on any atom is -0.445 e. The molecule has 4 nitrogen and oxygen atoms in total. The first-order valence-corrected chi connectivity index (χ1v) is 5.28. The van der Waals surface area contributed by atoms with Crippen molar-refractivity contribution in [2.45, 2.75) is 26.9 Å². The fourth-order valence-electron chi connectivity index (χ4n) is 1.37. The summed E-state index contributed by atoms with van der Waals surface area (Å²) in [4.78, 5) is 11.5. The normalized spacial score (nSPS) is 12.0. The molecule has 0 heterocycles. The molecule has 0 aromatic heterocycles. The van der Waals surface area contributed by atoms with Crippen molar-refractivity contribution < 1.29 is 9.53 Å². The van der Waals surface area contributed by atoms with Gasteiger partial charge < -0.3 is 10.5 Å². The Bertz CT molecular complexity index is 357. The zero-order valence-electron chi connectivity index (χ0n) is 9.91. The van der Waals surface area contributed by atoms with Gasteiger partial charge in [0.2, 0.25) is 0 Å². The predicted octanol–water partition coefficient (Wildman–Crippen LogP) is 2.20. The van der Waals surface area contributed by atoms with Crippen molar-refractivity contribution in [2.24, 2.45) is 5.73 Å². The second-order valence-electron chi connectivity index (χ2n) is 3.84. The van der Waals surface area contributed by atoms with Crippen molar-refractivity contribution in [1.29, 1.82) is 0 Å². The SMILES string of the molecule is Cc1cccc(C)c1NC(=O)OC(C)CN. The number of hydrogen-bond donors (Lipinski definition) is 2. The van der Waals surface area contributed by atoms with Gasteiger partial charge >= 0.3 is 6.09 Å². The van der Waals surface area contributed by atoms with E-state index in [0.717, 1.165) is 16.8 Å². The Morgan fingerprint density at radius 3 is 2.50 bits per heavy atom. The average Bonchev–Trinajstić information content (AvgIpc) is 2.23. The number of anilines is 1. The van der Waals surface area contributed by atoms with Gasteiger partial charge in [-0.25, -0.2) is 4.79 Å². The molecule has 4 heteroatoms. The van der Waals surface area contributed by atoms with Gasteiger partial charge in [0.15, 0.2) is 0 Å². The second-order valence-corrected chi connectivity index (χ2v) is 3.84. The van der Waals surface area contributed by atoms with E-state index in [9.17, 15) is 4.79 Å². The summed E-state index contributed by atoms with van der Waals surface area (Å²) in [5.74, 6) is 0.